The molecule has 6 rings (SSSR count). The lowest BCUT2D eigenvalue weighted by Crippen LogP contribution is -2.49. The highest BCUT2D eigenvalue weighted by Gasteiger charge is 2.27. The number of carbonyl (C=O) groups is 2. The lowest BCUT2D eigenvalue weighted by molar-refractivity contribution is -0.128. The minimum Gasteiger partial charge on any atom is -0.480 e. The molecule has 1 aliphatic heterocycles. The molecule has 2 aliphatic rings. The summed E-state index contributed by atoms with van der Waals surface area (Å²) < 4.78 is 34.3. The summed E-state index contributed by atoms with van der Waals surface area (Å²) in [7, 11) is -2.49. The summed E-state index contributed by atoms with van der Waals surface area (Å²) in [5.74, 6) is 0.812. The maximum atomic E-state index is 13.0. The van der Waals surface area contributed by atoms with Crippen molar-refractivity contribution < 1.29 is 22.7 Å². The SMILES string of the molecule is COc1ncc(-c2ccc3ncnc(N4CCN(C(=O)C5=CC(=O)CCC5)CC4)c3c2)cc1NS(=O)(=O)c1ccc(Cl)s1. The third-order valence-electron chi connectivity index (χ3n) is 7.40. The van der Waals surface area contributed by atoms with Crippen LogP contribution in [0.1, 0.15) is 19.3 Å². The lowest BCUT2D eigenvalue weighted by atomic mass is 9.97. The number of rotatable bonds is 7. The molecule has 1 aliphatic carbocycles. The van der Waals surface area contributed by atoms with Crippen molar-refractivity contribution >= 4 is 67.1 Å². The van der Waals surface area contributed by atoms with E-state index in [4.69, 9.17) is 16.3 Å². The molecule has 0 spiro atoms. The number of hydrogen-bond donors (Lipinski definition) is 1. The molecule has 1 fully saturated rings. The zero-order valence-corrected chi connectivity index (χ0v) is 25.5. The van der Waals surface area contributed by atoms with E-state index >= 15 is 0 Å². The number of sulfonamides is 1. The van der Waals surface area contributed by atoms with Crippen LogP contribution in [0.2, 0.25) is 4.34 Å². The van der Waals surface area contributed by atoms with Crippen LogP contribution in [0, 0.1) is 0 Å². The van der Waals surface area contributed by atoms with Crippen LogP contribution in [0.15, 0.2) is 64.8 Å². The van der Waals surface area contributed by atoms with Crippen molar-refractivity contribution in [2.45, 2.75) is 23.5 Å². The Morgan fingerprint density at radius 3 is 2.56 bits per heavy atom. The highest BCUT2D eigenvalue weighted by Crippen LogP contribution is 2.34. The number of ketones is 1. The number of fused-ring (bicyclic) bond motifs is 1. The third-order valence-corrected chi connectivity index (χ3v) is 10.5. The van der Waals surface area contributed by atoms with Crippen molar-refractivity contribution in [2.75, 3.05) is 42.9 Å². The van der Waals surface area contributed by atoms with Gasteiger partial charge in [-0.1, -0.05) is 17.7 Å². The van der Waals surface area contributed by atoms with E-state index in [2.05, 4.69) is 24.6 Å². The van der Waals surface area contributed by atoms with Crippen molar-refractivity contribution in [2.24, 2.45) is 0 Å². The van der Waals surface area contributed by atoms with Gasteiger partial charge in [0, 0.05) is 55.3 Å². The fraction of sp³-hybridized carbons (Fsp3) is 0.276. The normalized spacial score (nSPS) is 15.9. The number of hydrogen-bond acceptors (Lipinski definition) is 10. The van der Waals surface area contributed by atoms with Gasteiger partial charge in [0.15, 0.2) is 5.78 Å². The van der Waals surface area contributed by atoms with Gasteiger partial charge in [-0.3, -0.25) is 14.3 Å². The van der Waals surface area contributed by atoms with E-state index in [-0.39, 0.29) is 27.5 Å². The molecule has 4 aromatic rings. The molecule has 0 radical (unpaired) electrons. The third kappa shape index (κ3) is 6.05. The first-order valence-electron chi connectivity index (χ1n) is 13.6. The Kier molecular flexibility index (Phi) is 8.03. The van der Waals surface area contributed by atoms with Crippen molar-refractivity contribution in [3.05, 3.63) is 64.9 Å². The summed E-state index contributed by atoms with van der Waals surface area (Å²) in [6, 6.07) is 10.3. The number of allylic oxidation sites excluding steroid dienone is 1. The summed E-state index contributed by atoms with van der Waals surface area (Å²) >= 11 is 6.90. The topological polar surface area (TPSA) is 135 Å². The second-order valence-corrected chi connectivity index (χ2v) is 13.8. The van der Waals surface area contributed by atoms with Crippen molar-refractivity contribution in [3.63, 3.8) is 0 Å². The molecule has 1 N–H and O–H groups in total. The Labute approximate surface area is 257 Å². The maximum Gasteiger partial charge on any atom is 0.271 e. The van der Waals surface area contributed by atoms with Gasteiger partial charge in [-0.15, -0.1) is 11.3 Å². The predicted octanol–water partition coefficient (Wildman–Crippen LogP) is 4.54. The van der Waals surface area contributed by atoms with Gasteiger partial charge in [0.2, 0.25) is 11.8 Å². The monoisotopic (exact) mass is 638 g/mol. The molecule has 1 aromatic carbocycles. The number of halogens is 1. The summed E-state index contributed by atoms with van der Waals surface area (Å²) in [6.07, 6.45) is 6.48. The number of thiophene rings is 1. The van der Waals surface area contributed by atoms with Gasteiger partial charge in [0.05, 0.1) is 17.0 Å². The smallest absolute Gasteiger partial charge is 0.271 e. The minimum atomic E-state index is -3.91. The Morgan fingerprint density at radius 1 is 1.02 bits per heavy atom. The number of carbonyl (C=O) groups excluding carboxylic acids is 2. The molecular formula is C29H27ClN6O5S2. The number of piperazine rings is 1. The van der Waals surface area contributed by atoms with Crippen LogP contribution in [-0.4, -0.2) is 73.2 Å². The molecule has 222 valence electrons. The molecule has 0 saturated carbocycles. The Bertz CT molecular complexity index is 1870. The van der Waals surface area contributed by atoms with Gasteiger partial charge in [-0.05, 0) is 54.8 Å². The van der Waals surface area contributed by atoms with E-state index in [1.165, 1.54) is 31.6 Å². The standard InChI is InChI=1S/C29H27ClN6O5S2/c1-41-28-24(34-43(39,40)26-8-7-25(30)42-26)15-20(16-31-28)18-5-6-23-22(14-18)27(33-17-32-23)35-9-11-36(12-10-35)29(38)19-3-2-4-21(37)13-19/h5-8,13-17,34H,2-4,9-12H2,1H3. The zero-order valence-electron chi connectivity index (χ0n) is 23.1. The van der Waals surface area contributed by atoms with E-state index in [1.807, 2.05) is 18.2 Å². The number of aromatic nitrogens is 3. The van der Waals surface area contributed by atoms with E-state index in [0.29, 0.717) is 60.9 Å². The molecule has 14 heteroatoms. The molecule has 1 amide bonds. The molecule has 0 atom stereocenters. The molecule has 11 nitrogen and oxygen atoms in total. The van der Waals surface area contributed by atoms with Gasteiger partial charge >= 0.3 is 0 Å². The fourth-order valence-electron chi connectivity index (χ4n) is 5.24. The molecule has 0 bridgehead atoms. The number of anilines is 2. The average molecular weight is 639 g/mol. The summed E-state index contributed by atoms with van der Waals surface area (Å²) in [5.41, 5.74) is 2.96. The average Bonchev–Trinajstić information content (AvgIpc) is 3.47. The van der Waals surface area contributed by atoms with Gasteiger partial charge < -0.3 is 14.5 Å². The Morgan fingerprint density at radius 2 is 1.84 bits per heavy atom. The molecule has 0 unspecified atom stereocenters. The van der Waals surface area contributed by atoms with Crippen molar-refractivity contribution in [1.82, 2.24) is 19.9 Å². The quantitative estimate of drug-likeness (QED) is 0.309. The number of methoxy groups -OCH3 is 1. The number of benzene rings is 1. The summed E-state index contributed by atoms with van der Waals surface area (Å²) in [6.45, 7) is 2.17. The molecular weight excluding hydrogens is 612 g/mol. The van der Waals surface area contributed by atoms with Crippen LogP contribution in [0.4, 0.5) is 11.5 Å². The number of amides is 1. The maximum absolute atomic E-state index is 13.0. The Balaban J connectivity index is 1.26. The first-order valence-corrected chi connectivity index (χ1v) is 16.2. The molecule has 3 aromatic heterocycles. The van der Waals surface area contributed by atoms with E-state index in [1.54, 1.807) is 17.2 Å². The lowest BCUT2D eigenvalue weighted by Gasteiger charge is -2.36. The molecule has 4 heterocycles. The van der Waals surface area contributed by atoms with Crippen LogP contribution < -0.4 is 14.4 Å². The molecule has 1 saturated heterocycles. The zero-order chi connectivity index (χ0) is 30.1. The second-order valence-electron chi connectivity index (χ2n) is 10.1. The van der Waals surface area contributed by atoms with Crippen LogP contribution in [-0.2, 0) is 19.6 Å². The number of pyridine rings is 1. The van der Waals surface area contributed by atoms with Gasteiger partial charge in [-0.2, -0.15) is 0 Å². The minimum absolute atomic E-state index is 0.0144. The van der Waals surface area contributed by atoms with Crippen LogP contribution >= 0.6 is 22.9 Å². The van der Waals surface area contributed by atoms with Crippen LogP contribution in [0.5, 0.6) is 5.88 Å². The first kappa shape index (κ1) is 29.0. The van der Waals surface area contributed by atoms with Gasteiger partial charge in [-0.25, -0.2) is 23.4 Å². The van der Waals surface area contributed by atoms with E-state index < -0.39 is 10.0 Å². The van der Waals surface area contributed by atoms with Crippen LogP contribution in [0.3, 0.4) is 0 Å². The largest absolute Gasteiger partial charge is 0.480 e. The highest BCUT2D eigenvalue weighted by atomic mass is 35.5. The summed E-state index contributed by atoms with van der Waals surface area (Å²) in [4.78, 5) is 42.1. The fourth-order valence-corrected chi connectivity index (χ4v) is 7.77. The van der Waals surface area contributed by atoms with E-state index in [0.717, 1.165) is 33.6 Å². The van der Waals surface area contributed by atoms with Gasteiger partial charge in [0.1, 0.15) is 22.0 Å². The van der Waals surface area contributed by atoms with Crippen molar-refractivity contribution in [1.29, 1.82) is 0 Å². The van der Waals surface area contributed by atoms with E-state index in [9.17, 15) is 18.0 Å². The van der Waals surface area contributed by atoms with Crippen LogP contribution in [0.25, 0.3) is 22.0 Å². The summed E-state index contributed by atoms with van der Waals surface area (Å²) in [5, 5.41) is 0.812. The predicted molar refractivity (Wildman–Crippen MR) is 165 cm³/mol. The number of ether oxygens (including phenoxy) is 1. The number of nitrogens with zero attached hydrogens (tertiary/aromatic N) is 5. The van der Waals surface area contributed by atoms with Gasteiger partial charge in [0.25, 0.3) is 10.0 Å². The highest BCUT2D eigenvalue weighted by molar-refractivity contribution is 7.94. The van der Waals surface area contributed by atoms with Crippen molar-refractivity contribution in [3.8, 4) is 17.0 Å². The first-order chi connectivity index (χ1) is 20.7. The Hall–Kier alpha value is -4.07. The second kappa shape index (κ2) is 11.9. The number of nitrogens with one attached hydrogen (secondary N) is 1. The molecule has 43 heavy (non-hydrogen) atoms.